The molecule has 0 unspecified atom stereocenters. The average molecular weight is 277 g/mol. The van der Waals surface area contributed by atoms with E-state index in [0.717, 1.165) is 6.07 Å². The zero-order chi connectivity index (χ0) is 14.1. The van der Waals surface area contributed by atoms with E-state index in [9.17, 15) is 13.2 Å². The molecule has 1 aromatic rings. The van der Waals surface area contributed by atoms with Crippen LogP contribution >= 0.6 is 0 Å². The molecule has 0 aliphatic carbocycles. The second-order valence-electron chi connectivity index (χ2n) is 4.64. The van der Waals surface area contributed by atoms with Gasteiger partial charge in [-0.05, 0) is 27.7 Å². The summed E-state index contributed by atoms with van der Waals surface area (Å²) >= 11 is 0. The lowest BCUT2D eigenvalue weighted by atomic mass is 10.2. The molecule has 1 heterocycles. The average Bonchev–Trinajstić information content (AvgIpc) is 2.57. The van der Waals surface area contributed by atoms with Crippen molar-refractivity contribution in [3.63, 3.8) is 0 Å². The third-order valence-electron chi connectivity index (χ3n) is 1.83. The smallest absolute Gasteiger partial charge is 0.371 e. The van der Waals surface area contributed by atoms with Gasteiger partial charge < -0.3 is 9.52 Å². The number of hydrogen-bond donors (Lipinski definition) is 2. The summed E-state index contributed by atoms with van der Waals surface area (Å²) < 4.78 is 28.5. The van der Waals surface area contributed by atoms with Crippen LogP contribution in [-0.2, 0) is 14.9 Å². The molecule has 0 aromatic carbocycles. The van der Waals surface area contributed by atoms with Crippen molar-refractivity contribution in [2.24, 2.45) is 0 Å². The summed E-state index contributed by atoms with van der Waals surface area (Å²) in [6, 6.07) is 0.937. The highest BCUT2D eigenvalue weighted by atomic mass is 32.2. The van der Waals surface area contributed by atoms with Crippen molar-refractivity contribution in [1.82, 2.24) is 4.89 Å². The molecule has 1 rings (SSSR count). The van der Waals surface area contributed by atoms with E-state index in [1.165, 1.54) is 6.92 Å². The Bertz CT molecular complexity index is 551. The summed E-state index contributed by atoms with van der Waals surface area (Å²) in [5.74, 6) is -1.79. The number of carbonyl (C=O) groups is 1. The van der Waals surface area contributed by atoms with Gasteiger partial charge in [-0.25, -0.2) is 13.2 Å². The number of carboxylic acid groups (broad SMARTS) is 1. The summed E-state index contributed by atoms with van der Waals surface area (Å²) in [6.07, 6.45) is 0. The minimum absolute atomic E-state index is 0.0163. The molecular weight excluding hydrogens is 262 g/mol. The predicted octanol–water partition coefficient (Wildman–Crippen LogP) is 1.29. The molecule has 0 bridgehead atoms. The Morgan fingerprint density at radius 3 is 2.39 bits per heavy atom. The molecule has 18 heavy (non-hydrogen) atoms. The summed E-state index contributed by atoms with van der Waals surface area (Å²) in [4.78, 5) is 17.3. The molecule has 0 saturated carbocycles. The van der Waals surface area contributed by atoms with Crippen molar-refractivity contribution >= 4 is 16.0 Å². The van der Waals surface area contributed by atoms with E-state index in [-0.39, 0.29) is 10.7 Å². The predicted molar refractivity (Wildman–Crippen MR) is 61.6 cm³/mol. The minimum Gasteiger partial charge on any atom is -0.475 e. The molecule has 0 saturated heterocycles. The first kappa shape index (κ1) is 14.7. The van der Waals surface area contributed by atoms with Crippen LogP contribution in [0.5, 0.6) is 0 Å². The van der Waals surface area contributed by atoms with Crippen molar-refractivity contribution < 1.29 is 27.6 Å². The first-order valence-electron chi connectivity index (χ1n) is 5.06. The van der Waals surface area contributed by atoms with Crippen LogP contribution < -0.4 is 4.89 Å². The summed E-state index contributed by atoms with van der Waals surface area (Å²) in [5.41, 5.74) is -0.708. The van der Waals surface area contributed by atoms with Crippen LogP contribution in [0.4, 0.5) is 0 Å². The van der Waals surface area contributed by atoms with Gasteiger partial charge in [0.2, 0.25) is 5.76 Å². The van der Waals surface area contributed by atoms with Crippen LogP contribution in [0.3, 0.4) is 0 Å². The van der Waals surface area contributed by atoms with Gasteiger partial charge in [0, 0.05) is 6.07 Å². The van der Waals surface area contributed by atoms with Crippen molar-refractivity contribution in [2.75, 3.05) is 0 Å². The van der Waals surface area contributed by atoms with Crippen molar-refractivity contribution in [3.05, 3.63) is 17.6 Å². The molecule has 102 valence electrons. The van der Waals surface area contributed by atoms with Crippen LogP contribution in [-0.4, -0.2) is 25.1 Å². The second kappa shape index (κ2) is 4.71. The first-order chi connectivity index (χ1) is 8.03. The normalized spacial score (nSPS) is 12.7. The fraction of sp³-hybridized carbons (Fsp3) is 0.500. The van der Waals surface area contributed by atoms with Crippen LogP contribution in [0.25, 0.3) is 0 Å². The Balaban J connectivity index is 3.02. The van der Waals surface area contributed by atoms with Gasteiger partial charge in [0.1, 0.15) is 10.7 Å². The van der Waals surface area contributed by atoms with Crippen molar-refractivity contribution in [3.8, 4) is 0 Å². The van der Waals surface area contributed by atoms with Gasteiger partial charge in [-0.3, -0.25) is 4.84 Å². The van der Waals surface area contributed by atoms with Crippen molar-refractivity contribution in [1.29, 1.82) is 0 Å². The lowest BCUT2D eigenvalue weighted by Crippen LogP contribution is -2.33. The molecule has 0 spiro atoms. The fourth-order valence-electron chi connectivity index (χ4n) is 1.06. The van der Waals surface area contributed by atoms with Gasteiger partial charge in [0.05, 0.1) is 5.60 Å². The summed E-state index contributed by atoms with van der Waals surface area (Å²) in [7, 11) is -3.97. The topological polar surface area (TPSA) is 106 Å². The molecule has 0 radical (unpaired) electrons. The molecule has 7 nitrogen and oxygen atoms in total. The number of aromatic carboxylic acids is 1. The van der Waals surface area contributed by atoms with E-state index in [0.29, 0.717) is 0 Å². The highest BCUT2D eigenvalue weighted by molar-refractivity contribution is 7.89. The fourth-order valence-corrected chi connectivity index (χ4v) is 2.19. The lowest BCUT2D eigenvalue weighted by Gasteiger charge is -2.18. The number of hydrogen-bond acceptors (Lipinski definition) is 5. The van der Waals surface area contributed by atoms with Crippen LogP contribution in [0.2, 0.25) is 0 Å². The molecule has 0 fully saturated rings. The number of aryl methyl sites for hydroxylation is 1. The number of nitrogens with one attached hydrogen (secondary N) is 1. The van der Waals surface area contributed by atoms with E-state index in [2.05, 4.69) is 0 Å². The SMILES string of the molecule is Cc1oc(C(=O)O)cc1S(=O)(=O)NOC(C)(C)C. The summed E-state index contributed by atoms with van der Waals surface area (Å²) in [6.45, 7) is 6.36. The maximum absolute atomic E-state index is 11.8. The Morgan fingerprint density at radius 2 is 2.00 bits per heavy atom. The number of rotatable bonds is 4. The molecule has 2 N–H and O–H groups in total. The van der Waals surface area contributed by atoms with Crippen molar-refractivity contribution in [2.45, 2.75) is 38.2 Å². The highest BCUT2D eigenvalue weighted by Crippen LogP contribution is 2.20. The van der Waals surface area contributed by atoms with Gasteiger partial charge in [0.25, 0.3) is 10.0 Å². The van der Waals surface area contributed by atoms with Gasteiger partial charge >= 0.3 is 5.97 Å². The number of carboxylic acids is 1. The largest absolute Gasteiger partial charge is 0.475 e. The summed E-state index contributed by atoms with van der Waals surface area (Å²) in [5, 5.41) is 8.71. The molecule has 0 aliphatic rings. The quantitative estimate of drug-likeness (QED) is 0.803. The molecule has 1 aromatic heterocycles. The van der Waals surface area contributed by atoms with E-state index in [1.54, 1.807) is 20.8 Å². The highest BCUT2D eigenvalue weighted by Gasteiger charge is 2.25. The van der Waals surface area contributed by atoms with E-state index in [4.69, 9.17) is 14.4 Å². The Hall–Kier alpha value is -1.38. The molecule has 0 amide bonds. The Morgan fingerprint density at radius 1 is 1.44 bits per heavy atom. The molecule has 0 atom stereocenters. The van der Waals surface area contributed by atoms with Gasteiger partial charge in [-0.15, -0.1) is 0 Å². The third kappa shape index (κ3) is 3.56. The van der Waals surface area contributed by atoms with E-state index >= 15 is 0 Å². The molecular formula is C10H15NO6S. The first-order valence-corrected chi connectivity index (χ1v) is 6.55. The maximum atomic E-state index is 11.8. The molecule has 0 aliphatic heterocycles. The number of furan rings is 1. The molecule has 8 heteroatoms. The monoisotopic (exact) mass is 277 g/mol. The zero-order valence-corrected chi connectivity index (χ0v) is 11.3. The Kier molecular flexibility index (Phi) is 3.84. The van der Waals surface area contributed by atoms with Crippen LogP contribution in [0.15, 0.2) is 15.4 Å². The van der Waals surface area contributed by atoms with Gasteiger partial charge in [-0.2, -0.15) is 0 Å². The minimum atomic E-state index is -3.97. The van der Waals surface area contributed by atoms with Gasteiger partial charge in [-0.1, -0.05) is 4.89 Å². The van der Waals surface area contributed by atoms with E-state index < -0.39 is 27.4 Å². The lowest BCUT2D eigenvalue weighted by molar-refractivity contribution is -0.0358. The van der Waals surface area contributed by atoms with Crippen LogP contribution in [0.1, 0.15) is 37.1 Å². The second-order valence-corrected chi connectivity index (χ2v) is 6.25. The maximum Gasteiger partial charge on any atom is 0.371 e. The van der Waals surface area contributed by atoms with E-state index in [1.807, 2.05) is 4.89 Å². The zero-order valence-electron chi connectivity index (χ0n) is 10.5. The van der Waals surface area contributed by atoms with Crippen LogP contribution in [0, 0.1) is 6.92 Å². The van der Waals surface area contributed by atoms with Gasteiger partial charge in [0.15, 0.2) is 0 Å². The Labute approximate surface area is 105 Å². The third-order valence-corrected chi connectivity index (χ3v) is 3.12. The number of sulfonamides is 1. The standard InChI is InChI=1S/C10H15NO6S/c1-6-8(5-7(16-6)9(12)13)18(14,15)11-17-10(2,3)4/h5,11H,1-4H3,(H,12,13).